The molecule has 0 radical (unpaired) electrons. The van der Waals surface area contributed by atoms with Gasteiger partial charge >= 0.3 is 0 Å². The van der Waals surface area contributed by atoms with Gasteiger partial charge in [-0.3, -0.25) is 4.90 Å². The van der Waals surface area contributed by atoms with Crippen LogP contribution in [0.5, 0.6) is 0 Å². The third-order valence-electron chi connectivity index (χ3n) is 4.78. The van der Waals surface area contributed by atoms with Crippen LogP contribution in [0.4, 0.5) is 5.69 Å². The van der Waals surface area contributed by atoms with Crippen LogP contribution in [0.25, 0.3) is 0 Å². The molecule has 21 heavy (non-hydrogen) atoms. The molecule has 2 heterocycles. The fourth-order valence-corrected chi connectivity index (χ4v) is 3.35. The molecule has 0 spiro atoms. The summed E-state index contributed by atoms with van der Waals surface area (Å²) in [5.74, 6) is 0.555. The van der Waals surface area contributed by atoms with E-state index in [1.807, 2.05) is 0 Å². The summed E-state index contributed by atoms with van der Waals surface area (Å²) in [6.45, 7) is 9.31. The van der Waals surface area contributed by atoms with E-state index in [0.29, 0.717) is 5.92 Å². The van der Waals surface area contributed by atoms with Crippen molar-refractivity contribution in [3.8, 4) is 0 Å². The number of hydrogen-bond donors (Lipinski definition) is 1. The average Bonchev–Trinajstić information content (AvgIpc) is 3.02. The molecule has 0 aromatic heterocycles. The molecule has 1 aromatic carbocycles. The van der Waals surface area contributed by atoms with Crippen LogP contribution in [0.1, 0.15) is 12.0 Å². The first-order valence-corrected chi connectivity index (χ1v) is 8.09. The van der Waals surface area contributed by atoms with Gasteiger partial charge in [-0.05, 0) is 31.0 Å². The molecule has 2 fully saturated rings. The van der Waals surface area contributed by atoms with Crippen molar-refractivity contribution in [1.29, 1.82) is 0 Å². The molecular formula is C17H27N3O. The molecule has 2 atom stereocenters. The first-order chi connectivity index (χ1) is 10.2. The summed E-state index contributed by atoms with van der Waals surface area (Å²) in [4.78, 5) is 4.99. The van der Waals surface area contributed by atoms with Crippen LogP contribution in [-0.4, -0.2) is 56.9 Å². The molecule has 0 bridgehead atoms. The van der Waals surface area contributed by atoms with Crippen LogP contribution >= 0.6 is 0 Å². The van der Waals surface area contributed by atoms with Crippen molar-refractivity contribution in [3.63, 3.8) is 0 Å². The fourth-order valence-electron chi connectivity index (χ4n) is 3.35. The van der Waals surface area contributed by atoms with E-state index in [1.54, 1.807) is 0 Å². The Balaban J connectivity index is 1.48. The van der Waals surface area contributed by atoms with E-state index >= 15 is 0 Å². The highest BCUT2D eigenvalue weighted by molar-refractivity contribution is 5.48. The van der Waals surface area contributed by atoms with Crippen molar-refractivity contribution < 1.29 is 4.74 Å². The maximum Gasteiger partial charge on any atom is 0.0510 e. The third kappa shape index (κ3) is 3.76. The summed E-state index contributed by atoms with van der Waals surface area (Å²) in [6.07, 6.45) is 1.13. The second-order valence-electron chi connectivity index (χ2n) is 6.41. The Hall–Kier alpha value is -1.10. The lowest BCUT2D eigenvalue weighted by Crippen LogP contribution is -2.51. The second-order valence-corrected chi connectivity index (χ2v) is 6.41. The van der Waals surface area contributed by atoms with E-state index < -0.39 is 0 Å². The SMILES string of the molecule is Cc1cccc(N2CCN(CC(N)C3CCOC3)CC2)c1. The first kappa shape index (κ1) is 14.8. The van der Waals surface area contributed by atoms with Crippen molar-refractivity contribution in [2.45, 2.75) is 19.4 Å². The monoisotopic (exact) mass is 289 g/mol. The summed E-state index contributed by atoms with van der Waals surface area (Å²) < 4.78 is 5.45. The normalized spacial score (nSPS) is 25.2. The Labute approximate surface area is 127 Å². The molecule has 2 N–H and O–H groups in total. The Morgan fingerprint density at radius 2 is 2.10 bits per heavy atom. The minimum Gasteiger partial charge on any atom is -0.381 e. The summed E-state index contributed by atoms with van der Waals surface area (Å²) >= 11 is 0. The maximum absolute atomic E-state index is 6.34. The van der Waals surface area contributed by atoms with Gasteiger partial charge in [0.2, 0.25) is 0 Å². The smallest absolute Gasteiger partial charge is 0.0510 e. The topological polar surface area (TPSA) is 41.7 Å². The molecule has 2 saturated heterocycles. The zero-order valence-electron chi connectivity index (χ0n) is 13.0. The number of anilines is 1. The molecule has 1 aromatic rings. The van der Waals surface area contributed by atoms with E-state index in [4.69, 9.17) is 10.5 Å². The van der Waals surface area contributed by atoms with Gasteiger partial charge in [0.1, 0.15) is 0 Å². The Morgan fingerprint density at radius 1 is 1.29 bits per heavy atom. The summed E-state index contributed by atoms with van der Waals surface area (Å²) in [7, 11) is 0. The predicted molar refractivity (Wildman–Crippen MR) is 86.7 cm³/mol. The van der Waals surface area contributed by atoms with Crippen molar-refractivity contribution >= 4 is 5.69 Å². The molecule has 116 valence electrons. The Bertz CT molecular complexity index is 451. The zero-order chi connectivity index (χ0) is 14.7. The lowest BCUT2D eigenvalue weighted by molar-refractivity contribution is 0.168. The fraction of sp³-hybridized carbons (Fsp3) is 0.647. The standard InChI is InChI=1S/C17H27N3O/c1-14-3-2-4-16(11-14)20-8-6-19(7-9-20)12-17(18)15-5-10-21-13-15/h2-4,11,15,17H,5-10,12-13,18H2,1H3. The molecule has 4 nitrogen and oxygen atoms in total. The second kappa shape index (κ2) is 6.77. The number of nitrogens with two attached hydrogens (primary N) is 1. The van der Waals surface area contributed by atoms with Gasteiger partial charge in [0.15, 0.2) is 0 Å². The van der Waals surface area contributed by atoms with Gasteiger partial charge < -0.3 is 15.4 Å². The highest BCUT2D eigenvalue weighted by atomic mass is 16.5. The molecule has 0 saturated carbocycles. The number of nitrogens with zero attached hydrogens (tertiary/aromatic N) is 2. The van der Waals surface area contributed by atoms with Crippen LogP contribution in [0.15, 0.2) is 24.3 Å². The van der Waals surface area contributed by atoms with E-state index in [-0.39, 0.29) is 6.04 Å². The van der Waals surface area contributed by atoms with Crippen molar-refractivity contribution in [1.82, 2.24) is 4.90 Å². The largest absolute Gasteiger partial charge is 0.381 e. The number of hydrogen-bond acceptors (Lipinski definition) is 4. The Kier molecular flexibility index (Phi) is 4.78. The summed E-state index contributed by atoms with van der Waals surface area (Å²) in [5.41, 5.74) is 9.02. The minimum atomic E-state index is 0.262. The van der Waals surface area contributed by atoms with Crippen molar-refractivity contribution in [2.75, 3.05) is 50.8 Å². The zero-order valence-corrected chi connectivity index (χ0v) is 13.0. The van der Waals surface area contributed by atoms with Gasteiger partial charge in [-0.25, -0.2) is 0 Å². The third-order valence-corrected chi connectivity index (χ3v) is 4.78. The molecule has 4 heteroatoms. The molecular weight excluding hydrogens is 262 g/mol. The maximum atomic E-state index is 6.34. The predicted octanol–water partition coefficient (Wildman–Crippen LogP) is 1.48. The van der Waals surface area contributed by atoms with Gasteiger partial charge in [0, 0.05) is 57.0 Å². The molecule has 2 unspecified atom stereocenters. The first-order valence-electron chi connectivity index (χ1n) is 8.09. The van der Waals surface area contributed by atoms with Gasteiger partial charge in [-0.1, -0.05) is 12.1 Å². The lowest BCUT2D eigenvalue weighted by Gasteiger charge is -2.37. The van der Waals surface area contributed by atoms with Gasteiger partial charge in [0.25, 0.3) is 0 Å². The molecule has 2 aliphatic heterocycles. The quantitative estimate of drug-likeness (QED) is 0.912. The lowest BCUT2D eigenvalue weighted by atomic mass is 9.99. The van der Waals surface area contributed by atoms with E-state index in [0.717, 1.165) is 52.4 Å². The minimum absolute atomic E-state index is 0.262. The number of benzene rings is 1. The summed E-state index contributed by atoms with van der Waals surface area (Å²) in [6, 6.07) is 9.05. The average molecular weight is 289 g/mol. The van der Waals surface area contributed by atoms with Crippen LogP contribution in [0.2, 0.25) is 0 Å². The molecule has 0 amide bonds. The van der Waals surface area contributed by atoms with Crippen LogP contribution in [0, 0.1) is 12.8 Å². The van der Waals surface area contributed by atoms with Crippen molar-refractivity contribution in [2.24, 2.45) is 11.7 Å². The van der Waals surface area contributed by atoms with E-state index in [9.17, 15) is 0 Å². The number of ether oxygens (including phenoxy) is 1. The molecule has 0 aliphatic carbocycles. The van der Waals surface area contributed by atoms with E-state index in [2.05, 4.69) is 41.0 Å². The molecule has 2 aliphatic rings. The number of rotatable bonds is 4. The number of piperazine rings is 1. The van der Waals surface area contributed by atoms with Gasteiger partial charge in [-0.2, -0.15) is 0 Å². The summed E-state index contributed by atoms with van der Waals surface area (Å²) in [5, 5.41) is 0. The van der Waals surface area contributed by atoms with Gasteiger partial charge in [0.05, 0.1) is 6.61 Å². The van der Waals surface area contributed by atoms with Gasteiger partial charge in [-0.15, -0.1) is 0 Å². The Morgan fingerprint density at radius 3 is 2.76 bits per heavy atom. The highest BCUT2D eigenvalue weighted by Gasteiger charge is 2.26. The van der Waals surface area contributed by atoms with Crippen LogP contribution in [0.3, 0.4) is 0 Å². The highest BCUT2D eigenvalue weighted by Crippen LogP contribution is 2.19. The van der Waals surface area contributed by atoms with Crippen LogP contribution in [-0.2, 0) is 4.74 Å². The number of aryl methyl sites for hydroxylation is 1. The van der Waals surface area contributed by atoms with E-state index in [1.165, 1.54) is 11.3 Å². The molecule has 3 rings (SSSR count). The van der Waals surface area contributed by atoms with Crippen molar-refractivity contribution in [3.05, 3.63) is 29.8 Å². The van der Waals surface area contributed by atoms with Crippen LogP contribution < -0.4 is 10.6 Å².